The zero-order chi connectivity index (χ0) is 30.4. The zero-order valence-corrected chi connectivity index (χ0v) is 25.8. The molecule has 222 valence electrons. The molecule has 0 atom stereocenters. The van der Waals surface area contributed by atoms with Gasteiger partial charge in [0.15, 0.2) is 5.78 Å². The number of allylic oxidation sites excluding steroid dienone is 1. The third kappa shape index (κ3) is 4.94. The van der Waals surface area contributed by atoms with Gasteiger partial charge in [-0.2, -0.15) is 0 Å². The van der Waals surface area contributed by atoms with Crippen molar-refractivity contribution in [1.82, 2.24) is 4.57 Å². The number of benzene rings is 4. The first-order valence-corrected chi connectivity index (χ1v) is 16.0. The van der Waals surface area contributed by atoms with E-state index in [9.17, 15) is 9.59 Å². The lowest BCUT2D eigenvalue weighted by molar-refractivity contribution is -0.140. The van der Waals surface area contributed by atoms with E-state index in [-0.39, 0.29) is 5.78 Å². The van der Waals surface area contributed by atoms with Crippen LogP contribution >= 0.6 is 0 Å². The lowest BCUT2D eigenvalue weighted by Crippen LogP contribution is -2.07. The summed E-state index contributed by atoms with van der Waals surface area (Å²) < 4.78 is 2.29. The average molecular weight is 583 g/mol. The molecule has 7 rings (SSSR count). The zero-order valence-electron chi connectivity index (χ0n) is 25.8. The maximum atomic E-state index is 14.2. The Hall–Kier alpha value is -4.51. The van der Waals surface area contributed by atoms with Crippen LogP contribution in [0.2, 0.25) is 0 Å². The first kappa shape index (κ1) is 28.3. The van der Waals surface area contributed by atoms with Crippen molar-refractivity contribution in [3.8, 4) is 0 Å². The number of nitrogens with zero attached hydrogens (tertiary/aromatic N) is 2. The molecule has 4 aromatic carbocycles. The molecule has 5 nitrogen and oxygen atoms in total. The molecule has 0 N–H and O–H groups in total. The van der Waals surface area contributed by atoms with Crippen molar-refractivity contribution in [3.05, 3.63) is 100 Å². The first-order chi connectivity index (χ1) is 21.4. The minimum absolute atomic E-state index is 0.0324. The molecular formula is C39H38N2O3. The molecule has 0 bridgehead atoms. The quantitative estimate of drug-likeness (QED) is 0.0793. The van der Waals surface area contributed by atoms with Crippen molar-refractivity contribution in [1.29, 1.82) is 0 Å². The number of carbonyl (C=O) groups is 2. The third-order valence-electron chi connectivity index (χ3n) is 9.74. The monoisotopic (exact) mass is 582 g/mol. The summed E-state index contributed by atoms with van der Waals surface area (Å²) in [7, 11) is 0. The van der Waals surface area contributed by atoms with E-state index in [0.29, 0.717) is 11.5 Å². The van der Waals surface area contributed by atoms with Crippen LogP contribution in [0.25, 0.3) is 38.7 Å². The third-order valence-corrected chi connectivity index (χ3v) is 9.74. The van der Waals surface area contributed by atoms with Gasteiger partial charge in [0.25, 0.3) is 0 Å². The number of aromatic nitrogens is 1. The topological polar surface area (TPSA) is 60.7 Å². The number of rotatable bonds is 8. The van der Waals surface area contributed by atoms with Gasteiger partial charge in [-0.15, -0.1) is 0 Å². The van der Waals surface area contributed by atoms with Crippen molar-refractivity contribution in [2.45, 2.75) is 72.3 Å². The van der Waals surface area contributed by atoms with Gasteiger partial charge in [-0.3, -0.25) is 4.79 Å². The number of hydrogen-bond acceptors (Lipinski definition) is 4. The molecule has 1 heterocycles. The molecule has 0 aliphatic heterocycles. The van der Waals surface area contributed by atoms with E-state index < -0.39 is 5.97 Å². The molecule has 44 heavy (non-hydrogen) atoms. The largest absolute Gasteiger partial charge is 0.341 e. The highest BCUT2D eigenvalue weighted by Crippen LogP contribution is 2.36. The number of aryl methyl sites for hydroxylation is 2. The van der Waals surface area contributed by atoms with Crippen LogP contribution < -0.4 is 0 Å². The Balaban J connectivity index is 1.32. The normalized spacial score (nSPS) is 15.1. The summed E-state index contributed by atoms with van der Waals surface area (Å²) in [4.78, 5) is 31.0. The van der Waals surface area contributed by atoms with Gasteiger partial charge >= 0.3 is 5.97 Å². The second-order valence-electron chi connectivity index (χ2n) is 12.4. The lowest BCUT2D eigenvalue weighted by atomic mass is 9.86. The molecule has 0 amide bonds. The molecule has 1 saturated carbocycles. The van der Waals surface area contributed by atoms with Crippen molar-refractivity contribution in [2.24, 2.45) is 11.1 Å². The molecule has 2 aliphatic carbocycles. The molecule has 0 saturated heterocycles. The molecule has 0 radical (unpaired) electrons. The summed E-state index contributed by atoms with van der Waals surface area (Å²) in [6, 6.07) is 20.8. The maximum Gasteiger partial charge on any atom is 0.331 e. The number of ketones is 1. The molecule has 2 aliphatic rings. The Morgan fingerprint density at radius 3 is 2.36 bits per heavy atom. The summed E-state index contributed by atoms with van der Waals surface area (Å²) in [5, 5.41) is 8.64. The Morgan fingerprint density at radius 2 is 1.64 bits per heavy atom. The van der Waals surface area contributed by atoms with Crippen LogP contribution in [0.3, 0.4) is 0 Å². The molecule has 1 aromatic heterocycles. The number of oxime groups is 1. The summed E-state index contributed by atoms with van der Waals surface area (Å²) in [5.41, 5.74) is 9.12. The SMILES string of the molecule is CCn1c2ccc(C(=O)c3ccc4c5c(c(C)ccc35)CC=C4)cc2c2cc(/C(CCC3CCCC3)=N/OC(C)=O)ccc21. The fourth-order valence-corrected chi connectivity index (χ4v) is 7.48. The minimum atomic E-state index is -0.417. The summed E-state index contributed by atoms with van der Waals surface area (Å²) >= 11 is 0. The number of fused-ring (bicyclic) bond motifs is 3. The molecule has 0 unspecified atom stereocenters. The van der Waals surface area contributed by atoms with Crippen molar-refractivity contribution in [2.75, 3.05) is 0 Å². The van der Waals surface area contributed by atoms with E-state index in [1.165, 1.54) is 54.7 Å². The van der Waals surface area contributed by atoms with Crippen LogP contribution in [0, 0.1) is 12.8 Å². The molecule has 0 spiro atoms. The molecule has 1 fully saturated rings. The van der Waals surface area contributed by atoms with Crippen molar-refractivity contribution < 1.29 is 14.4 Å². The standard InChI is InChI=1S/C39H38N2O3/c1-4-41-36-20-15-28(35(40-44-25(3)42)19-13-26-8-5-6-9-26)22-33(36)34-23-29(16-21-37(34)41)39(43)32-18-14-27-10-7-11-30-24(2)12-17-31(32)38(27)30/h7,10,12,14-18,20-23,26H,4-6,8-9,11,13,19H2,1-3H3/b40-35+. The summed E-state index contributed by atoms with van der Waals surface area (Å²) in [6.45, 7) is 6.49. The highest BCUT2D eigenvalue weighted by molar-refractivity contribution is 6.20. The van der Waals surface area contributed by atoms with Crippen LogP contribution in [0.1, 0.15) is 90.5 Å². The molecule has 5 aromatic rings. The smallest absolute Gasteiger partial charge is 0.331 e. The lowest BCUT2D eigenvalue weighted by Gasteiger charge is -2.17. The van der Waals surface area contributed by atoms with E-state index >= 15 is 0 Å². The van der Waals surface area contributed by atoms with Gasteiger partial charge in [0.1, 0.15) is 0 Å². The number of carbonyl (C=O) groups excluding carboxylic acids is 2. The first-order valence-electron chi connectivity index (χ1n) is 16.0. The Kier molecular flexibility index (Phi) is 7.41. The van der Waals surface area contributed by atoms with E-state index in [1.807, 2.05) is 12.1 Å². The van der Waals surface area contributed by atoms with Gasteiger partial charge in [-0.1, -0.05) is 67.3 Å². The highest BCUT2D eigenvalue weighted by Gasteiger charge is 2.21. The minimum Gasteiger partial charge on any atom is -0.341 e. The van der Waals surface area contributed by atoms with E-state index in [0.717, 1.165) is 69.8 Å². The molecular weight excluding hydrogens is 544 g/mol. The van der Waals surface area contributed by atoms with Crippen LogP contribution in [-0.4, -0.2) is 22.0 Å². The van der Waals surface area contributed by atoms with Crippen LogP contribution in [0.5, 0.6) is 0 Å². The second kappa shape index (κ2) is 11.5. The van der Waals surface area contributed by atoms with E-state index in [2.05, 4.69) is 84.3 Å². The van der Waals surface area contributed by atoms with Crippen LogP contribution in [0.15, 0.2) is 71.9 Å². The maximum absolute atomic E-state index is 14.2. The van der Waals surface area contributed by atoms with Gasteiger partial charge < -0.3 is 9.40 Å². The van der Waals surface area contributed by atoms with E-state index in [4.69, 9.17) is 4.84 Å². The van der Waals surface area contributed by atoms with Gasteiger partial charge in [-0.05, 0) is 103 Å². The average Bonchev–Trinajstić information content (AvgIpc) is 3.67. The van der Waals surface area contributed by atoms with E-state index in [1.54, 1.807) is 0 Å². The summed E-state index contributed by atoms with van der Waals surface area (Å²) in [5.74, 6) is 0.317. The van der Waals surface area contributed by atoms with Gasteiger partial charge in [-0.25, -0.2) is 4.79 Å². The molecule has 5 heteroatoms. The fourth-order valence-electron chi connectivity index (χ4n) is 7.48. The van der Waals surface area contributed by atoms with Crippen LogP contribution in [-0.2, 0) is 22.6 Å². The Labute approximate surface area is 258 Å². The Morgan fingerprint density at radius 1 is 0.909 bits per heavy atom. The van der Waals surface area contributed by atoms with Gasteiger partial charge in [0.2, 0.25) is 0 Å². The van der Waals surface area contributed by atoms with Crippen molar-refractivity contribution >= 4 is 56.1 Å². The number of hydrogen-bond donors (Lipinski definition) is 0. The van der Waals surface area contributed by atoms with Crippen LogP contribution in [0.4, 0.5) is 0 Å². The highest BCUT2D eigenvalue weighted by atomic mass is 16.7. The Bertz CT molecular complexity index is 2020. The second-order valence-corrected chi connectivity index (χ2v) is 12.4. The van der Waals surface area contributed by atoms with Crippen molar-refractivity contribution in [3.63, 3.8) is 0 Å². The van der Waals surface area contributed by atoms with Gasteiger partial charge in [0, 0.05) is 52.0 Å². The predicted molar refractivity (Wildman–Crippen MR) is 179 cm³/mol. The fraction of sp³-hybridized carbons (Fsp3) is 0.308. The predicted octanol–water partition coefficient (Wildman–Crippen LogP) is 9.31. The summed E-state index contributed by atoms with van der Waals surface area (Å²) in [6.07, 6.45) is 12.2. The van der Waals surface area contributed by atoms with Gasteiger partial charge in [0.05, 0.1) is 5.71 Å².